The van der Waals surface area contributed by atoms with Crippen LogP contribution < -0.4 is 0 Å². The van der Waals surface area contributed by atoms with Crippen LogP contribution in [0.5, 0.6) is 23.0 Å². The molecule has 0 amide bonds. The molecule has 0 spiro atoms. The minimum absolute atomic E-state index is 0.221. The Kier molecular flexibility index (Phi) is 3.28. The first-order chi connectivity index (χ1) is 8.56. The van der Waals surface area contributed by atoms with Crippen LogP contribution in [0.4, 0.5) is 0 Å². The molecule has 0 bridgehead atoms. The summed E-state index contributed by atoms with van der Waals surface area (Å²) in [6.45, 7) is 0. The van der Waals surface area contributed by atoms with Crippen LogP contribution in [0.15, 0.2) is 36.4 Å². The molecule has 18 heavy (non-hydrogen) atoms. The second-order valence-corrected chi connectivity index (χ2v) is 4.15. The van der Waals surface area contributed by atoms with Gasteiger partial charge in [-0.05, 0) is 48.2 Å². The maximum atomic E-state index is 9.37. The van der Waals surface area contributed by atoms with Gasteiger partial charge in [-0.15, -0.1) is 0 Å². The topological polar surface area (TPSA) is 80.9 Å². The highest BCUT2D eigenvalue weighted by Gasteiger charge is 2.08. The highest BCUT2D eigenvalue weighted by Crippen LogP contribution is 2.35. The zero-order valence-corrected chi connectivity index (χ0v) is 9.67. The Hall–Kier alpha value is -2.36. The number of phenolic OH excluding ortho intramolecular Hbond substituents is 4. The average molecular weight is 246 g/mol. The van der Waals surface area contributed by atoms with Crippen molar-refractivity contribution in [3.05, 3.63) is 47.5 Å². The lowest BCUT2D eigenvalue weighted by Gasteiger charge is -2.06. The number of benzene rings is 2. The fraction of sp³-hybridized carbons (Fsp3) is 0.143. The van der Waals surface area contributed by atoms with Crippen LogP contribution in [0, 0.1) is 0 Å². The van der Waals surface area contributed by atoms with Gasteiger partial charge >= 0.3 is 0 Å². The normalized spacial score (nSPS) is 10.4. The number of hydrogen-bond acceptors (Lipinski definition) is 4. The van der Waals surface area contributed by atoms with Crippen LogP contribution in [0.3, 0.4) is 0 Å². The summed E-state index contributed by atoms with van der Waals surface area (Å²) in [5.74, 6) is -0.923. The summed E-state index contributed by atoms with van der Waals surface area (Å²) < 4.78 is 0. The maximum Gasteiger partial charge on any atom is 0.200 e. The van der Waals surface area contributed by atoms with E-state index in [4.69, 9.17) is 5.11 Å². The summed E-state index contributed by atoms with van der Waals surface area (Å²) in [7, 11) is 0. The predicted octanol–water partition coefficient (Wildman–Crippen LogP) is 2.29. The van der Waals surface area contributed by atoms with Crippen molar-refractivity contribution in [2.45, 2.75) is 12.8 Å². The van der Waals surface area contributed by atoms with Crippen molar-refractivity contribution in [3.63, 3.8) is 0 Å². The van der Waals surface area contributed by atoms with Crippen LogP contribution in [0.25, 0.3) is 0 Å². The molecule has 4 N–H and O–H groups in total. The van der Waals surface area contributed by atoms with Crippen molar-refractivity contribution in [3.8, 4) is 23.0 Å². The van der Waals surface area contributed by atoms with Gasteiger partial charge in [0.1, 0.15) is 5.75 Å². The van der Waals surface area contributed by atoms with Gasteiger partial charge < -0.3 is 20.4 Å². The molecular formula is C14H14O4. The highest BCUT2D eigenvalue weighted by molar-refractivity contribution is 5.51. The number of aryl methyl sites for hydroxylation is 2. The van der Waals surface area contributed by atoms with Crippen LogP contribution >= 0.6 is 0 Å². The summed E-state index contributed by atoms with van der Waals surface area (Å²) in [5.41, 5.74) is 1.77. The van der Waals surface area contributed by atoms with Crippen LogP contribution in [-0.4, -0.2) is 20.4 Å². The lowest BCUT2D eigenvalue weighted by atomic mass is 10.0. The molecule has 0 radical (unpaired) electrons. The molecule has 0 aliphatic heterocycles. The SMILES string of the molecule is Oc1ccc(CCc2cc(O)c(O)c(O)c2)cc1. The fourth-order valence-electron chi connectivity index (χ4n) is 1.76. The molecule has 2 rings (SSSR count). The molecule has 0 unspecified atom stereocenters. The van der Waals surface area contributed by atoms with Gasteiger partial charge in [0.25, 0.3) is 0 Å². The van der Waals surface area contributed by atoms with E-state index in [1.54, 1.807) is 12.1 Å². The maximum absolute atomic E-state index is 9.37. The number of rotatable bonds is 3. The zero-order chi connectivity index (χ0) is 13.1. The van der Waals surface area contributed by atoms with E-state index in [0.29, 0.717) is 12.8 Å². The van der Waals surface area contributed by atoms with E-state index in [2.05, 4.69) is 0 Å². The standard InChI is InChI=1S/C14H14O4/c15-11-5-3-9(4-6-11)1-2-10-7-12(16)14(18)13(17)8-10/h3-8,15-18H,1-2H2. The minimum atomic E-state index is -0.497. The quantitative estimate of drug-likeness (QED) is 0.626. The summed E-state index contributed by atoms with van der Waals surface area (Å²) in [5, 5.41) is 37.1. The average Bonchev–Trinajstić information content (AvgIpc) is 2.35. The van der Waals surface area contributed by atoms with Gasteiger partial charge in [-0.3, -0.25) is 0 Å². The lowest BCUT2D eigenvalue weighted by molar-refractivity contribution is 0.367. The van der Waals surface area contributed by atoms with Crippen molar-refractivity contribution < 1.29 is 20.4 Å². The van der Waals surface area contributed by atoms with Crippen molar-refractivity contribution in [2.24, 2.45) is 0 Å². The smallest absolute Gasteiger partial charge is 0.200 e. The molecule has 4 heteroatoms. The minimum Gasteiger partial charge on any atom is -0.508 e. The van der Waals surface area contributed by atoms with Crippen molar-refractivity contribution >= 4 is 0 Å². The van der Waals surface area contributed by atoms with Gasteiger partial charge in [-0.1, -0.05) is 12.1 Å². The van der Waals surface area contributed by atoms with Crippen LogP contribution in [0.1, 0.15) is 11.1 Å². The third-order valence-electron chi connectivity index (χ3n) is 2.77. The summed E-state index contributed by atoms with van der Waals surface area (Å²) in [6, 6.07) is 9.71. The van der Waals surface area contributed by atoms with Crippen LogP contribution in [-0.2, 0) is 12.8 Å². The Bertz CT molecular complexity index is 523. The Morgan fingerprint density at radius 2 is 1.17 bits per heavy atom. The Balaban J connectivity index is 2.08. The van der Waals surface area contributed by atoms with Gasteiger partial charge in [0.15, 0.2) is 17.2 Å². The first-order valence-corrected chi connectivity index (χ1v) is 5.58. The molecule has 4 nitrogen and oxygen atoms in total. The molecule has 0 aliphatic rings. The Morgan fingerprint density at radius 3 is 1.72 bits per heavy atom. The second kappa shape index (κ2) is 4.87. The van der Waals surface area contributed by atoms with Crippen molar-refractivity contribution in [1.82, 2.24) is 0 Å². The van der Waals surface area contributed by atoms with E-state index in [-0.39, 0.29) is 17.2 Å². The van der Waals surface area contributed by atoms with Crippen molar-refractivity contribution in [2.75, 3.05) is 0 Å². The Labute approximate surface area is 104 Å². The van der Waals surface area contributed by atoms with E-state index in [0.717, 1.165) is 11.1 Å². The first kappa shape index (κ1) is 12.1. The third-order valence-corrected chi connectivity index (χ3v) is 2.77. The molecule has 2 aromatic carbocycles. The number of aromatic hydroxyl groups is 4. The van der Waals surface area contributed by atoms with Gasteiger partial charge in [0, 0.05) is 0 Å². The molecule has 94 valence electrons. The van der Waals surface area contributed by atoms with E-state index < -0.39 is 5.75 Å². The zero-order valence-electron chi connectivity index (χ0n) is 9.67. The van der Waals surface area contributed by atoms with Gasteiger partial charge in [0.2, 0.25) is 0 Å². The molecule has 0 fully saturated rings. The van der Waals surface area contributed by atoms with E-state index in [9.17, 15) is 15.3 Å². The fourth-order valence-corrected chi connectivity index (χ4v) is 1.76. The van der Waals surface area contributed by atoms with Crippen LogP contribution in [0.2, 0.25) is 0 Å². The predicted molar refractivity (Wildman–Crippen MR) is 67.0 cm³/mol. The van der Waals surface area contributed by atoms with E-state index >= 15 is 0 Å². The van der Waals surface area contributed by atoms with Gasteiger partial charge in [-0.2, -0.15) is 0 Å². The number of phenols is 4. The van der Waals surface area contributed by atoms with Gasteiger partial charge in [-0.25, -0.2) is 0 Å². The molecule has 0 atom stereocenters. The molecule has 0 heterocycles. The lowest BCUT2D eigenvalue weighted by Crippen LogP contribution is -1.91. The molecule has 0 aromatic heterocycles. The number of hydrogen-bond donors (Lipinski definition) is 4. The molecular weight excluding hydrogens is 232 g/mol. The molecule has 0 saturated carbocycles. The monoisotopic (exact) mass is 246 g/mol. The summed E-state index contributed by atoms with van der Waals surface area (Å²) >= 11 is 0. The highest BCUT2D eigenvalue weighted by atomic mass is 16.3. The van der Waals surface area contributed by atoms with E-state index in [1.807, 2.05) is 12.1 Å². The molecule has 0 saturated heterocycles. The van der Waals surface area contributed by atoms with Gasteiger partial charge in [0.05, 0.1) is 0 Å². The first-order valence-electron chi connectivity index (χ1n) is 5.58. The molecule has 0 aliphatic carbocycles. The summed E-state index contributed by atoms with van der Waals surface area (Å²) in [4.78, 5) is 0. The van der Waals surface area contributed by atoms with E-state index in [1.165, 1.54) is 12.1 Å². The van der Waals surface area contributed by atoms with Crippen molar-refractivity contribution in [1.29, 1.82) is 0 Å². The third kappa shape index (κ3) is 2.66. The summed E-state index contributed by atoms with van der Waals surface area (Å²) in [6.07, 6.45) is 1.33. The largest absolute Gasteiger partial charge is 0.508 e. The molecule has 2 aromatic rings. The second-order valence-electron chi connectivity index (χ2n) is 4.15. The Morgan fingerprint density at radius 1 is 0.667 bits per heavy atom.